The quantitative estimate of drug-likeness (QED) is 0.305. The molecule has 0 bridgehead atoms. The van der Waals surface area contributed by atoms with Crippen molar-refractivity contribution in [3.63, 3.8) is 0 Å². The van der Waals surface area contributed by atoms with Gasteiger partial charge in [0.15, 0.2) is 16.8 Å². The second-order valence-electron chi connectivity index (χ2n) is 6.97. The van der Waals surface area contributed by atoms with Crippen molar-refractivity contribution in [3.8, 4) is 17.1 Å². The lowest BCUT2D eigenvalue weighted by atomic mass is 10.1. The number of thioether (sulfide) groups is 1. The fourth-order valence-corrected chi connectivity index (χ4v) is 3.95. The summed E-state index contributed by atoms with van der Waals surface area (Å²) in [6.07, 6.45) is 3.74. The smallest absolute Gasteiger partial charge is 0.196 e. The van der Waals surface area contributed by atoms with Crippen LogP contribution < -0.4 is 0 Å². The van der Waals surface area contributed by atoms with Crippen molar-refractivity contribution >= 4 is 23.3 Å². The van der Waals surface area contributed by atoms with E-state index in [0.29, 0.717) is 23.0 Å². The Kier molecular flexibility index (Phi) is 6.33. The first-order chi connectivity index (χ1) is 15.1. The first-order valence-corrected chi connectivity index (χ1v) is 10.8. The van der Waals surface area contributed by atoms with Gasteiger partial charge in [-0.25, -0.2) is 0 Å². The molecule has 2 aromatic carbocycles. The average molecular weight is 429 g/mol. The molecular formula is C24H20N4O2S. The van der Waals surface area contributed by atoms with Gasteiger partial charge in [-0.15, -0.1) is 10.2 Å². The monoisotopic (exact) mass is 428 g/mol. The normalized spacial score (nSPS) is 10.7. The van der Waals surface area contributed by atoms with Gasteiger partial charge in [0.1, 0.15) is 5.78 Å². The Morgan fingerprint density at radius 2 is 1.61 bits per heavy atom. The van der Waals surface area contributed by atoms with Crippen molar-refractivity contribution in [2.75, 3.05) is 5.75 Å². The molecule has 31 heavy (non-hydrogen) atoms. The lowest BCUT2D eigenvalue weighted by molar-refractivity contribution is -0.116. The molecule has 7 heteroatoms. The fraction of sp³-hybridized carbons (Fsp3) is 0.125. The van der Waals surface area contributed by atoms with Crippen molar-refractivity contribution in [1.82, 2.24) is 19.7 Å². The SMILES string of the molecule is CC(=O)c1ccc(CC(=O)CSc2nnc(-c3ccncc3)n2-c2ccccc2)cc1. The topological polar surface area (TPSA) is 77.7 Å². The van der Waals surface area contributed by atoms with E-state index < -0.39 is 0 Å². The van der Waals surface area contributed by atoms with Crippen LogP contribution in [-0.2, 0) is 11.2 Å². The van der Waals surface area contributed by atoms with E-state index >= 15 is 0 Å². The number of benzene rings is 2. The molecule has 0 fully saturated rings. The van der Waals surface area contributed by atoms with Crippen LogP contribution in [0.1, 0.15) is 22.8 Å². The zero-order valence-electron chi connectivity index (χ0n) is 16.9. The summed E-state index contributed by atoms with van der Waals surface area (Å²) in [5, 5.41) is 9.37. The Hall–Kier alpha value is -3.58. The van der Waals surface area contributed by atoms with Crippen molar-refractivity contribution in [2.45, 2.75) is 18.5 Å². The third-order valence-corrected chi connectivity index (χ3v) is 5.70. The first-order valence-electron chi connectivity index (χ1n) is 9.77. The van der Waals surface area contributed by atoms with Crippen LogP contribution >= 0.6 is 11.8 Å². The number of carbonyl (C=O) groups excluding carboxylic acids is 2. The van der Waals surface area contributed by atoms with E-state index in [1.54, 1.807) is 24.5 Å². The molecule has 0 aliphatic heterocycles. The van der Waals surface area contributed by atoms with Gasteiger partial charge in [-0.1, -0.05) is 54.2 Å². The molecule has 2 heterocycles. The molecule has 154 valence electrons. The van der Waals surface area contributed by atoms with E-state index in [9.17, 15) is 9.59 Å². The largest absolute Gasteiger partial charge is 0.298 e. The summed E-state index contributed by atoms with van der Waals surface area (Å²) in [6.45, 7) is 1.53. The third kappa shape index (κ3) is 4.95. The molecule has 0 saturated carbocycles. The number of para-hydroxylation sites is 1. The molecule has 4 aromatic rings. The highest BCUT2D eigenvalue weighted by atomic mass is 32.2. The molecule has 0 spiro atoms. The van der Waals surface area contributed by atoms with Gasteiger partial charge in [0, 0.05) is 35.6 Å². The molecule has 0 aliphatic carbocycles. The maximum absolute atomic E-state index is 12.6. The van der Waals surface area contributed by atoms with Crippen LogP contribution in [0.2, 0.25) is 0 Å². The Labute approximate surface area is 184 Å². The minimum Gasteiger partial charge on any atom is -0.298 e. The van der Waals surface area contributed by atoms with Gasteiger partial charge in [0.2, 0.25) is 0 Å². The van der Waals surface area contributed by atoms with Crippen LogP contribution in [0, 0.1) is 0 Å². The van der Waals surface area contributed by atoms with Crippen molar-refractivity contribution in [3.05, 3.63) is 90.3 Å². The molecular weight excluding hydrogens is 408 g/mol. The Balaban J connectivity index is 1.52. The Morgan fingerprint density at radius 3 is 2.29 bits per heavy atom. The summed E-state index contributed by atoms with van der Waals surface area (Å²) in [4.78, 5) is 28.0. The predicted molar refractivity (Wildman–Crippen MR) is 120 cm³/mol. The summed E-state index contributed by atoms with van der Waals surface area (Å²) in [5.41, 5.74) is 3.35. The van der Waals surface area contributed by atoms with Gasteiger partial charge < -0.3 is 0 Å². The van der Waals surface area contributed by atoms with E-state index in [2.05, 4.69) is 15.2 Å². The highest BCUT2D eigenvalue weighted by Gasteiger charge is 2.17. The summed E-state index contributed by atoms with van der Waals surface area (Å²) in [6, 6.07) is 20.8. The van der Waals surface area contributed by atoms with E-state index in [1.807, 2.05) is 59.2 Å². The molecule has 0 aliphatic rings. The van der Waals surface area contributed by atoms with Crippen LogP contribution in [0.3, 0.4) is 0 Å². The van der Waals surface area contributed by atoms with Crippen molar-refractivity contribution < 1.29 is 9.59 Å². The predicted octanol–water partition coefficient (Wildman–Crippen LogP) is 4.44. The molecule has 6 nitrogen and oxygen atoms in total. The van der Waals surface area contributed by atoms with Crippen molar-refractivity contribution in [1.29, 1.82) is 0 Å². The van der Waals surface area contributed by atoms with Crippen LogP contribution in [0.5, 0.6) is 0 Å². The highest BCUT2D eigenvalue weighted by molar-refractivity contribution is 7.99. The van der Waals surface area contributed by atoms with E-state index in [-0.39, 0.29) is 17.3 Å². The lowest BCUT2D eigenvalue weighted by Gasteiger charge is -2.10. The summed E-state index contributed by atoms with van der Waals surface area (Å²) in [7, 11) is 0. The number of ketones is 2. The zero-order valence-corrected chi connectivity index (χ0v) is 17.7. The van der Waals surface area contributed by atoms with Gasteiger partial charge in [-0.3, -0.25) is 19.1 Å². The number of hydrogen-bond donors (Lipinski definition) is 0. The average Bonchev–Trinajstić information content (AvgIpc) is 3.23. The van der Waals surface area contributed by atoms with Crippen LogP contribution in [0.4, 0.5) is 0 Å². The van der Waals surface area contributed by atoms with Crippen LogP contribution in [0.15, 0.2) is 84.3 Å². The number of rotatable bonds is 8. The van der Waals surface area contributed by atoms with Gasteiger partial charge in [0.05, 0.1) is 5.75 Å². The molecule has 2 aromatic heterocycles. The van der Waals surface area contributed by atoms with Crippen molar-refractivity contribution in [2.24, 2.45) is 0 Å². The number of Topliss-reactive ketones (excluding diaryl/α,β-unsaturated/α-hetero) is 2. The minimum atomic E-state index is 0.0127. The summed E-state index contributed by atoms with van der Waals surface area (Å²) >= 11 is 1.36. The Bertz CT molecular complexity index is 1190. The summed E-state index contributed by atoms with van der Waals surface area (Å²) in [5.74, 6) is 1.06. The number of aromatic nitrogens is 4. The second kappa shape index (κ2) is 9.49. The second-order valence-corrected chi connectivity index (χ2v) is 7.91. The summed E-state index contributed by atoms with van der Waals surface area (Å²) < 4.78 is 1.95. The van der Waals surface area contributed by atoms with E-state index in [0.717, 1.165) is 16.8 Å². The molecule has 0 N–H and O–H groups in total. The minimum absolute atomic E-state index is 0.0127. The molecule has 4 rings (SSSR count). The fourth-order valence-electron chi connectivity index (χ4n) is 3.14. The number of pyridine rings is 1. The Morgan fingerprint density at radius 1 is 0.903 bits per heavy atom. The molecule has 0 unspecified atom stereocenters. The zero-order chi connectivity index (χ0) is 21.6. The van der Waals surface area contributed by atoms with Gasteiger partial charge in [-0.05, 0) is 36.8 Å². The van der Waals surface area contributed by atoms with Crippen LogP contribution in [-0.4, -0.2) is 37.1 Å². The lowest BCUT2D eigenvalue weighted by Crippen LogP contribution is -2.07. The van der Waals surface area contributed by atoms with E-state index in [1.165, 1.54) is 18.7 Å². The van der Waals surface area contributed by atoms with Crippen LogP contribution in [0.25, 0.3) is 17.1 Å². The molecule has 0 amide bonds. The maximum atomic E-state index is 12.6. The standard InChI is InChI=1S/C24H20N4O2S/c1-17(29)19-9-7-18(8-10-19)15-22(30)16-31-24-27-26-23(20-11-13-25-14-12-20)28(24)21-5-3-2-4-6-21/h2-14H,15-16H2,1H3. The number of nitrogens with zero attached hydrogens (tertiary/aromatic N) is 4. The van der Waals surface area contributed by atoms with Gasteiger partial charge >= 0.3 is 0 Å². The molecule has 0 saturated heterocycles. The number of carbonyl (C=O) groups is 2. The van der Waals surface area contributed by atoms with Gasteiger partial charge in [-0.2, -0.15) is 0 Å². The third-order valence-electron chi connectivity index (χ3n) is 4.71. The molecule has 0 atom stereocenters. The van der Waals surface area contributed by atoms with E-state index in [4.69, 9.17) is 0 Å². The first kappa shape index (κ1) is 20.7. The highest BCUT2D eigenvalue weighted by Crippen LogP contribution is 2.27. The molecule has 0 radical (unpaired) electrons. The van der Waals surface area contributed by atoms with Gasteiger partial charge in [0.25, 0.3) is 0 Å². The number of hydrogen-bond acceptors (Lipinski definition) is 6. The maximum Gasteiger partial charge on any atom is 0.196 e.